The van der Waals surface area contributed by atoms with E-state index in [1.54, 1.807) is 23.1 Å². The number of hydrogen-bond acceptors (Lipinski definition) is 5. The standard InChI is InChI=1S/C17H19N3OS2/c1-2-6-15(7-3-1)21-11-5-13-23-17-19-18-14-20(17)10-9-16-8-4-12-22-16/h1-4,6-8,12,14H,5,9-11,13H2. The summed E-state index contributed by atoms with van der Waals surface area (Å²) in [6, 6.07) is 14.2. The fourth-order valence-corrected chi connectivity index (χ4v) is 3.68. The molecule has 0 bridgehead atoms. The van der Waals surface area contributed by atoms with Crippen molar-refractivity contribution < 1.29 is 4.74 Å². The summed E-state index contributed by atoms with van der Waals surface area (Å²) in [5.74, 6) is 1.90. The van der Waals surface area contributed by atoms with Crippen molar-refractivity contribution in [1.82, 2.24) is 14.8 Å². The number of hydrogen-bond donors (Lipinski definition) is 0. The molecule has 6 heteroatoms. The second-order valence-electron chi connectivity index (χ2n) is 5.00. The van der Waals surface area contributed by atoms with Gasteiger partial charge in [-0.25, -0.2) is 0 Å². The lowest BCUT2D eigenvalue weighted by molar-refractivity contribution is 0.318. The molecule has 1 aromatic carbocycles. The zero-order valence-corrected chi connectivity index (χ0v) is 14.4. The average molecular weight is 345 g/mol. The number of thioether (sulfide) groups is 1. The molecule has 0 radical (unpaired) electrons. The van der Waals surface area contributed by atoms with Gasteiger partial charge >= 0.3 is 0 Å². The smallest absolute Gasteiger partial charge is 0.191 e. The van der Waals surface area contributed by atoms with E-state index in [-0.39, 0.29) is 0 Å². The van der Waals surface area contributed by atoms with E-state index < -0.39 is 0 Å². The van der Waals surface area contributed by atoms with Gasteiger partial charge in [0.25, 0.3) is 0 Å². The summed E-state index contributed by atoms with van der Waals surface area (Å²) in [6.45, 7) is 1.65. The van der Waals surface area contributed by atoms with Crippen molar-refractivity contribution in [3.05, 3.63) is 59.0 Å². The maximum Gasteiger partial charge on any atom is 0.191 e. The topological polar surface area (TPSA) is 39.9 Å². The van der Waals surface area contributed by atoms with Gasteiger partial charge in [-0.2, -0.15) is 0 Å². The minimum Gasteiger partial charge on any atom is -0.494 e. The number of nitrogens with zero attached hydrogens (tertiary/aromatic N) is 3. The van der Waals surface area contributed by atoms with Gasteiger partial charge in [0.15, 0.2) is 5.16 Å². The van der Waals surface area contributed by atoms with Crippen LogP contribution in [-0.2, 0) is 13.0 Å². The van der Waals surface area contributed by atoms with Crippen molar-refractivity contribution >= 4 is 23.1 Å². The Hall–Kier alpha value is -1.79. The van der Waals surface area contributed by atoms with Crippen LogP contribution in [-0.4, -0.2) is 27.1 Å². The third-order valence-electron chi connectivity index (χ3n) is 3.29. The fraction of sp³-hybridized carbons (Fsp3) is 0.294. The molecule has 0 saturated heterocycles. The minimum atomic E-state index is 0.723. The molecule has 3 aromatic rings. The van der Waals surface area contributed by atoms with Crippen molar-refractivity contribution in [3.63, 3.8) is 0 Å². The van der Waals surface area contributed by atoms with Crippen molar-refractivity contribution in [2.45, 2.75) is 24.5 Å². The zero-order chi connectivity index (χ0) is 15.7. The van der Waals surface area contributed by atoms with Crippen LogP contribution in [0.25, 0.3) is 0 Å². The molecular weight excluding hydrogens is 326 g/mol. The van der Waals surface area contributed by atoms with Gasteiger partial charge in [0.1, 0.15) is 12.1 Å². The Morgan fingerprint density at radius 2 is 2.04 bits per heavy atom. The largest absolute Gasteiger partial charge is 0.494 e. The molecule has 0 aliphatic rings. The zero-order valence-electron chi connectivity index (χ0n) is 12.8. The van der Waals surface area contributed by atoms with Crippen LogP contribution in [0.1, 0.15) is 11.3 Å². The minimum absolute atomic E-state index is 0.723. The summed E-state index contributed by atoms with van der Waals surface area (Å²) in [6.07, 6.45) is 3.83. The molecule has 2 aromatic heterocycles. The maximum absolute atomic E-state index is 5.70. The SMILES string of the molecule is c1ccc(OCCCSc2nncn2CCc2cccs2)cc1. The third-order valence-corrected chi connectivity index (χ3v) is 5.29. The Morgan fingerprint density at radius 3 is 2.87 bits per heavy atom. The van der Waals surface area contributed by atoms with E-state index in [0.29, 0.717) is 0 Å². The second kappa shape index (κ2) is 8.74. The van der Waals surface area contributed by atoms with Crippen LogP contribution in [0, 0.1) is 0 Å². The molecular formula is C17H19N3OS2. The molecule has 0 saturated carbocycles. The van der Waals surface area contributed by atoms with Gasteiger partial charge in [-0.3, -0.25) is 0 Å². The third kappa shape index (κ3) is 5.11. The lowest BCUT2D eigenvalue weighted by Crippen LogP contribution is -2.02. The number of aromatic nitrogens is 3. The lowest BCUT2D eigenvalue weighted by Gasteiger charge is -2.07. The molecule has 4 nitrogen and oxygen atoms in total. The summed E-state index contributed by atoms with van der Waals surface area (Å²) in [5.41, 5.74) is 0. The highest BCUT2D eigenvalue weighted by atomic mass is 32.2. The quantitative estimate of drug-likeness (QED) is 0.431. The Kier molecular flexibility index (Phi) is 6.11. The maximum atomic E-state index is 5.70. The number of aryl methyl sites for hydroxylation is 2. The lowest BCUT2D eigenvalue weighted by atomic mass is 10.3. The van der Waals surface area contributed by atoms with E-state index in [1.165, 1.54) is 4.88 Å². The van der Waals surface area contributed by atoms with Crippen LogP contribution < -0.4 is 4.74 Å². The second-order valence-corrected chi connectivity index (χ2v) is 7.09. The van der Waals surface area contributed by atoms with E-state index >= 15 is 0 Å². The van der Waals surface area contributed by atoms with Crippen LogP contribution in [0.3, 0.4) is 0 Å². The Balaban J connectivity index is 1.38. The molecule has 0 spiro atoms. The number of rotatable bonds is 9. The van der Waals surface area contributed by atoms with Crippen LogP contribution in [0.15, 0.2) is 59.3 Å². The van der Waals surface area contributed by atoms with Gasteiger partial charge in [-0.05, 0) is 36.4 Å². The molecule has 0 aliphatic carbocycles. The van der Waals surface area contributed by atoms with Gasteiger partial charge in [-0.1, -0.05) is 36.0 Å². The van der Waals surface area contributed by atoms with Gasteiger partial charge in [0.05, 0.1) is 6.61 Å². The molecule has 0 fully saturated rings. The predicted molar refractivity (Wildman–Crippen MR) is 95.3 cm³/mol. The molecule has 0 unspecified atom stereocenters. The average Bonchev–Trinajstić information content (AvgIpc) is 3.25. The Bertz CT molecular complexity index is 683. The van der Waals surface area contributed by atoms with Gasteiger partial charge < -0.3 is 9.30 Å². The number of ether oxygens (including phenoxy) is 1. The van der Waals surface area contributed by atoms with E-state index in [9.17, 15) is 0 Å². The van der Waals surface area contributed by atoms with Gasteiger partial charge in [0.2, 0.25) is 0 Å². The van der Waals surface area contributed by atoms with Crippen LogP contribution in [0.5, 0.6) is 5.75 Å². The monoisotopic (exact) mass is 345 g/mol. The van der Waals surface area contributed by atoms with E-state index in [4.69, 9.17) is 4.74 Å². The first-order chi connectivity index (χ1) is 11.4. The Morgan fingerprint density at radius 1 is 1.13 bits per heavy atom. The van der Waals surface area contributed by atoms with Crippen LogP contribution >= 0.6 is 23.1 Å². The number of benzene rings is 1. The normalized spacial score (nSPS) is 10.8. The molecule has 23 heavy (non-hydrogen) atoms. The Labute approximate surface area is 144 Å². The van der Waals surface area contributed by atoms with Crippen molar-refractivity contribution in [2.24, 2.45) is 0 Å². The van der Waals surface area contributed by atoms with E-state index in [1.807, 2.05) is 36.7 Å². The highest BCUT2D eigenvalue weighted by Crippen LogP contribution is 2.18. The predicted octanol–water partition coefficient (Wildman–Crippen LogP) is 4.14. The number of thiophene rings is 1. The van der Waals surface area contributed by atoms with Gasteiger partial charge in [-0.15, -0.1) is 21.5 Å². The molecule has 120 valence electrons. The first kappa shape index (κ1) is 16.1. The molecule has 3 rings (SSSR count). The molecule has 0 N–H and O–H groups in total. The van der Waals surface area contributed by atoms with Crippen molar-refractivity contribution in [2.75, 3.05) is 12.4 Å². The van der Waals surface area contributed by atoms with Crippen LogP contribution in [0.2, 0.25) is 0 Å². The summed E-state index contributed by atoms with van der Waals surface area (Å²) < 4.78 is 7.82. The summed E-state index contributed by atoms with van der Waals surface area (Å²) in [5, 5.41) is 11.3. The van der Waals surface area contributed by atoms with Crippen molar-refractivity contribution in [1.29, 1.82) is 0 Å². The highest BCUT2D eigenvalue weighted by molar-refractivity contribution is 7.99. The molecule has 2 heterocycles. The van der Waals surface area contributed by atoms with Crippen molar-refractivity contribution in [3.8, 4) is 5.75 Å². The molecule has 0 aliphatic heterocycles. The van der Waals surface area contributed by atoms with Gasteiger partial charge in [0, 0.05) is 17.2 Å². The van der Waals surface area contributed by atoms with Crippen LogP contribution in [0.4, 0.5) is 0 Å². The summed E-state index contributed by atoms with van der Waals surface area (Å²) in [7, 11) is 0. The highest BCUT2D eigenvalue weighted by Gasteiger charge is 2.05. The fourth-order valence-electron chi connectivity index (χ4n) is 2.12. The summed E-state index contributed by atoms with van der Waals surface area (Å²) >= 11 is 3.53. The van der Waals surface area contributed by atoms with E-state index in [2.05, 4.69) is 32.3 Å². The summed E-state index contributed by atoms with van der Waals surface area (Å²) in [4.78, 5) is 1.39. The first-order valence-corrected chi connectivity index (χ1v) is 9.49. The van der Waals surface area contributed by atoms with E-state index in [0.717, 1.165) is 42.7 Å². The first-order valence-electron chi connectivity index (χ1n) is 7.62. The molecule has 0 atom stereocenters. The molecule has 0 amide bonds. The number of para-hydroxylation sites is 1.